The van der Waals surface area contributed by atoms with Gasteiger partial charge in [-0.25, -0.2) is 0 Å². The van der Waals surface area contributed by atoms with E-state index in [1.165, 1.54) is 38.5 Å². The molecule has 0 aliphatic carbocycles. The number of hydrogen-bond donors (Lipinski definition) is 0. The van der Waals surface area contributed by atoms with Gasteiger partial charge in [0.25, 0.3) is 5.95 Å². The fourth-order valence-corrected chi connectivity index (χ4v) is 1.58. The number of hydrogen-bond acceptors (Lipinski definition) is 2. The Labute approximate surface area is 114 Å². The van der Waals surface area contributed by atoms with E-state index in [0.29, 0.717) is 0 Å². The van der Waals surface area contributed by atoms with Crippen LogP contribution in [0.3, 0.4) is 0 Å². The molecular weight excluding hydrogens is 224 g/mol. The van der Waals surface area contributed by atoms with Gasteiger partial charge in [-0.2, -0.15) is 0 Å². The molecule has 0 aromatic rings. The topological polar surface area (TPSA) is 18.5 Å². The van der Waals surface area contributed by atoms with Crippen LogP contribution in [0.1, 0.15) is 78.6 Å². The molecule has 0 amide bonds. The second-order valence-corrected chi connectivity index (χ2v) is 4.78. The average molecular weight is 256 g/mol. The Morgan fingerprint density at radius 3 is 1.78 bits per heavy atom. The van der Waals surface area contributed by atoms with Crippen molar-refractivity contribution in [2.24, 2.45) is 0 Å². The van der Waals surface area contributed by atoms with Gasteiger partial charge < -0.3 is 9.47 Å². The van der Waals surface area contributed by atoms with Crippen LogP contribution in [-0.4, -0.2) is 13.2 Å². The molecular formula is C16H32O2. The normalized spacial score (nSPS) is 10.2. The lowest BCUT2D eigenvalue weighted by molar-refractivity contribution is 0.0319. The zero-order valence-electron chi connectivity index (χ0n) is 12.7. The third-order valence-corrected chi connectivity index (χ3v) is 2.85. The summed E-state index contributed by atoms with van der Waals surface area (Å²) in [4.78, 5) is 0. The van der Waals surface area contributed by atoms with E-state index in [4.69, 9.17) is 9.47 Å². The van der Waals surface area contributed by atoms with Crippen LogP contribution < -0.4 is 0 Å². The number of ether oxygens (including phenoxy) is 2. The molecule has 0 saturated carbocycles. The lowest BCUT2D eigenvalue weighted by Crippen LogP contribution is -2.01. The second kappa shape index (κ2) is 14.4. The third kappa shape index (κ3) is 11.8. The zero-order chi connectivity index (χ0) is 13.5. The van der Waals surface area contributed by atoms with Crippen molar-refractivity contribution >= 4 is 0 Å². The first kappa shape index (κ1) is 17.3. The predicted octanol–water partition coefficient (Wildman–Crippen LogP) is 5.43. The van der Waals surface area contributed by atoms with E-state index in [1.54, 1.807) is 0 Å². The molecule has 0 unspecified atom stereocenters. The van der Waals surface area contributed by atoms with Gasteiger partial charge in [-0.1, -0.05) is 52.9 Å². The van der Waals surface area contributed by atoms with Gasteiger partial charge in [0.15, 0.2) is 0 Å². The quantitative estimate of drug-likeness (QED) is 0.323. The largest absolute Gasteiger partial charge is 0.466 e. The van der Waals surface area contributed by atoms with Crippen molar-refractivity contribution in [1.29, 1.82) is 0 Å². The Balaban J connectivity index is 3.81. The van der Waals surface area contributed by atoms with Gasteiger partial charge in [0.05, 0.1) is 13.2 Å². The van der Waals surface area contributed by atoms with E-state index in [1.807, 2.05) is 0 Å². The standard InChI is InChI=1S/C16H32O2/c1-4-7-10-11-12-13-16(17-14-8-5-2)18-15-9-6-3/h13H,4-12,14-15H2,1-3H3. The summed E-state index contributed by atoms with van der Waals surface area (Å²) in [6.07, 6.45) is 12.9. The Morgan fingerprint density at radius 2 is 1.28 bits per heavy atom. The van der Waals surface area contributed by atoms with Gasteiger partial charge in [0.1, 0.15) is 0 Å². The minimum absolute atomic E-state index is 0.758. The van der Waals surface area contributed by atoms with E-state index < -0.39 is 0 Å². The van der Waals surface area contributed by atoms with Crippen LogP contribution in [-0.2, 0) is 9.47 Å². The van der Waals surface area contributed by atoms with Crippen LogP contribution in [0.2, 0.25) is 0 Å². The highest BCUT2D eigenvalue weighted by atomic mass is 16.7. The van der Waals surface area contributed by atoms with Crippen LogP contribution >= 0.6 is 0 Å². The van der Waals surface area contributed by atoms with Crippen molar-refractivity contribution in [1.82, 2.24) is 0 Å². The van der Waals surface area contributed by atoms with E-state index in [-0.39, 0.29) is 0 Å². The van der Waals surface area contributed by atoms with Gasteiger partial charge in [-0.15, -0.1) is 0 Å². The van der Waals surface area contributed by atoms with Crippen LogP contribution in [0.5, 0.6) is 0 Å². The monoisotopic (exact) mass is 256 g/mol. The smallest absolute Gasteiger partial charge is 0.274 e. The van der Waals surface area contributed by atoms with Crippen molar-refractivity contribution in [2.75, 3.05) is 13.2 Å². The van der Waals surface area contributed by atoms with Gasteiger partial charge in [0.2, 0.25) is 0 Å². The molecule has 0 radical (unpaired) electrons. The van der Waals surface area contributed by atoms with Crippen molar-refractivity contribution in [3.63, 3.8) is 0 Å². The number of allylic oxidation sites excluding steroid dienone is 1. The highest BCUT2D eigenvalue weighted by molar-refractivity contribution is 4.83. The molecule has 0 spiro atoms. The molecule has 18 heavy (non-hydrogen) atoms. The minimum atomic E-state index is 0.758. The first-order chi connectivity index (χ1) is 8.85. The van der Waals surface area contributed by atoms with Gasteiger partial charge in [-0.05, 0) is 31.8 Å². The van der Waals surface area contributed by atoms with E-state index in [2.05, 4.69) is 26.8 Å². The average Bonchev–Trinajstić information content (AvgIpc) is 2.38. The number of unbranched alkanes of at least 4 members (excludes halogenated alkanes) is 6. The highest BCUT2D eigenvalue weighted by Gasteiger charge is 1.99. The molecule has 0 fully saturated rings. The van der Waals surface area contributed by atoms with Gasteiger partial charge in [-0.3, -0.25) is 0 Å². The van der Waals surface area contributed by atoms with Crippen LogP contribution in [0.15, 0.2) is 12.0 Å². The summed E-state index contributed by atoms with van der Waals surface area (Å²) in [7, 11) is 0. The molecule has 0 aromatic carbocycles. The summed E-state index contributed by atoms with van der Waals surface area (Å²) in [5.41, 5.74) is 0. The Kier molecular flexibility index (Phi) is 13.9. The van der Waals surface area contributed by atoms with E-state index >= 15 is 0 Å². The van der Waals surface area contributed by atoms with Crippen LogP contribution in [0.25, 0.3) is 0 Å². The molecule has 0 atom stereocenters. The van der Waals surface area contributed by atoms with E-state index in [0.717, 1.165) is 38.4 Å². The molecule has 0 aromatic heterocycles. The van der Waals surface area contributed by atoms with Crippen molar-refractivity contribution < 1.29 is 9.47 Å². The van der Waals surface area contributed by atoms with Gasteiger partial charge >= 0.3 is 0 Å². The molecule has 108 valence electrons. The summed E-state index contributed by atoms with van der Waals surface area (Å²) >= 11 is 0. The molecule has 0 rings (SSSR count). The molecule has 0 heterocycles. The molecule has 2 nitrogen and oxygen atoms in total. The molecule has 0 saturated heterocycles. The fourth-order valence-electron chi connectivity index (χ4n) is 1.58. The predicted molar refractivity (Wildman–Crippen MR) is 78.6 cm³/mol. The first-order valence-corrected chi connectivity index (χ1v) is 7.80. The third-order valence-electron chi connectivity index (χ3n) is 2.85. The summed E-state index contributed by atoms with van der Waals surface area (Å²) in [5.74, 6) is 0.758. The fraction of sp³-hybridized carbons (Fsp3) is 0.875. The first-order valence-electron chi connectivity index (χ1n) is 7.80. The summed E-state index contributed by atoms with van der Waals surface area (Å²) in [6, 6.07) is 0. The molecule has 0 N–H and O–H groups in total. The highest BCUT2D eigenvalue weighted by Crippen LogP contribution is 2.09. The molecule has 0 aliphatic heterocycles. The van der Waals surface area contributed by atoms with E-state index in [9.17, 15) is 0 Å². The maximum absolute atomic E-state index is 5.67. The maximum Gasteiger partial charge on any atom is 0.274 e. The lowest BCUT2D eigenvalue weighted by atomic mass is 10.1. The maximum atomic E-state index is 5.67. The van der Waals surface area contributed by atoms with Crippen molar-refractivity contribution in [3.8, 4) is 0 Å². The lowest BCUT2D eigenvalue weighted by Gasteiger charge is -2.11. The summed E-state index contributed by atoms with van der Waals surface area (Å²) < 4.78 is 11.3. The molecule has 2 heteroatoms. The van der Waals surface area contributed by atoms with Crippen molar-refractivity contribution in [2.45, 2.75) is 78.6 Å². The van der Waals surface area contributed by atoms with Crippen molar-refractivity contribution in [3.05, 3.63) is 12.0 Å². The Hall–Kier alpha value is -0.660. The Bertz CT molecular complexity index is 176. The molecule has 0 bridgehead atoms. The zero-order valence-corrected chi connectivity index (χ0v) is 12.7. The van der Waals surface area contributed by atoms with Crippen LogP contribution in [0.4, 0.5) is 0 Å². The second-order valence-electron chi connectivity index (χ2n) is 4.78. The summed E-state index contributed by atoms with van der Waals surface area (Å²) in [6.45, 7) is 8.15. The minimum Gasteiger partial charge on any atom is -0.466 e. The SMILES string of the molecule is CCCCCCC=C(OCCCC)OCCCC. The Morgan fingerprint density at radius 1 is 0.722 bits per heavy atom. The summed E-state index contributed by atoms with van der Waals surface area (Å²) in [5, 5.41) is 0. The van der Waals surface area contributed by atoms with Crippen LogP contribution in [0, 0.1) is 0 Å². The number of rotatable bonds is 13. The van der Waals surface area contributed by atoms with Gasteiger partial charge in [0, 0.05) is 0 Å². The molecule has 0 aliphatic rings.